The molecule has 1 saturated heterocycles. The van der Waals surface area contributed by atoms with E-state index in [4.69, 9.17) is 0 Å². The molecule has 6 nitrogen and oxygen atoms in total. The Morgan fingerprint density at radius 3 is 2.73 bits per heavy atom. The molecule has 2 rings (SSSR count). The van der Waals surface area contributed by atoms with E-state index in [1.807, 2.05) is 0 Å². The quantitative estimate of drug-likeness (QED) is 0.867. The molecule has 1 N–H and O–H groups in total. The summed E-state index contributed by atoms with van der Waals surface area (Å²) in [7, 11) is 3.42. The molecule has 1 aliphatic heterocycles. The zero-order valence-electron chi connectivity index (χ0n) is 13.9. The molecule has 1 aromatic heterocycles. The van der Waals surface area contributed by atoms with Crippen molar-refractivity contribution in [3.8, 4) is 0 Å². The van der Waals surface area contributed by atoms with Crippen molar-refractivity contribution < 1.29 is 4.79 Å². The fourth-order valence-electron chi connectivity index (χ4n) is 2.74. The number of aromatic nitrogens is 2. The summed E-state index contributed by atoms with van der Waals surface area (Å²) in [5, 5.41) is 3.27. The maximum absolute atomic E-state index is 11.9. The van der Waals surface area contributed by atoms with Crippen molar-refractivity contribution in [1.29, 1.82) is 0 Å². The van der Waals surface area contributed by atoms with Crippen LogP contribution in [0, 0.1) is 5.92 Å². The van der Waals surface area contributed by atoms with E-state index in [9.17, 15) is 4.79 Å². The lowest BCUT2D eigenvalue weighted by molar-refractivity contribution is 0.0821. The smallest absolute Gasteiger partial charge is 0.273 e. The summed E-state index contributed by atoms with van der Waals surface area (Å²) < 4.78 is 0. The Morgan fingerprint density at radius 2 is 2.09 bits per heavy atom. The van der Waals surface area contributed by atoms with Gasteiger partial charge in [0.05, 0.1) is 12.4 Å². The Bertz CT molecular complexity index is 483. The molecule has 22 heavy (non-hydrogen) atoms. The van der Waals surface area contributed by atoms with E-state index in [1.54, 1.807) is 20.3 Å². The largest absolute Gasteiger partial charge is 0.367 e. The molecule has 1 fully saturated rings. The molecular weight excluding hydrogens is 278 g/mol. The lowest BCUT2D eigenvalue weighted by Crippen LogP contribution is -2.36. The van der Waals surface area contributed by atoms with Gasteiger partial charge in [0.1, 0.15) is 11.5 Å². The number of carbonyl (C=O) groups excluding carboxylic acids is 1. The number of carbonyl (C=O) groups is 1. The van der Waals surface area contributed by atoms with Crippen LogP contribution in [0.15, 0.2) is 12.4 Å². The number of amides is 1. The molecule has 0 spiro atoms. The Labute approximate surface area is 132 Å². The van der Waals surface area contributed by atoms with Crippen LogP contribution >= 0.6 is 0 Å². The summed E-state index contributed by atoms with van der Waals surface area (Å²) in [6.45, 7) is 6.48. The van der Waals surface area contributed by atoms with Crippen molar-refractivity contribution in [3.63, 3.8) is 0 Å². The normalized spacial score (nSPS) is 16.5. The molecule has 0 saturated carbocycles. The summed E-state index contributed by atoms with van der Waals surface area (Å²) in [5.74, 6) is 1.44. The highest BCUT2D eigenvalue weighted by Crippen LogP contribution is 2.19. The molecule has 0 aromatic carbocycles. The molecule has 1 aromatic rings. The van der Waals surface area contributed by atoms with E-state index in [1.165, 1.54) is 43.4 Å². The third-order valence-corrected chi connectivity index (χ3v) is 4.28. The summed E-state index contributed by atoms with van der Waals surface area (Å²) in [6, 6.07) is 0. The minimum absolute atomic E-state index is 0.127. The molecule has 6 heteroatoms. The summed E-state index contributed by atoms with van der Waals surface area (Å²) in [5.41, 5.74) is 0.374. The van der Waals surface area contributed by atoms with Gasteiger partial charge < -0.3 is 15.1 Å². The van der Waals surface area contributed by atoms with Gasteiger partial charge in [-0.2, -0.15) is 0 Å². The van der Waals surface area contributed by atoms with E-state index in [0.29, 0.717) is 11.5 Å². The Kier molecular flexibility index (Phi) is 6.12. The van der Waals surface area contributed by atoms with Crippen LogP contribution in [-0.4, -0.2) is 65.9 Å². The molecule has 0 radical (unpaired) electrons. The highest BCUT2D eigenvalue weighted by molar-refractivity contribution is 5.91. The van der Waals surface area contributed by atoms with Crippen molar-refractivity contribution in [3.05, 3.63) is 18.1 Å². The fraction of sp³-hybridized carbons (Fsp3) is 0.688. The first-order valence-electron chi connectivity index (χ1n) is 8.10. The lowest BCUT2D eigenvalue weighted by atomic mass is 9.94. The predicted octanol–water partition coefficient (Wildman–Crippen LogP) is 1.71. The molecule has 2 heterocycles. The van der Waals surface area contributed by atoms with Gasteiger partial charge >= 0.3 is 0 Å². The maximum atomic E-state index is 11.9. The average Bonchev–Trinajstić information content (AvgIpc) is 2.55. The van der Waals surface area contributed by atoms with Crippen LogP contribution in [0.1, 0.15) is 36.7 Å². The molecule has 0 unspecified atom stereocenters. The molecule has 0 aliphatic carbocycles. The van der Waals surface area contributed by atoms with Crippen LogP contribution in [0.25, 0.3) is 0 Å². The lowest BCUT2D eigenvalue weighted by Gasteiger charge is -2.31. The van der Waals surface area contributed by atoms with Crippen molar-refractivity contribution >= 4 is 11.7 Å². The molecule has 122 valence electrons. The van der Waals surface area contributed by atoms with Crippen molar-refractivity contribution in [2.75, 3.05) is 45.6 Å². The summed E-state index contributed by atoms with van der Waals surface area (Å²) in [6.07, 6.45) is 7.08. The summed E-state index contributed by atoms with van der Waals surface area (Å²) >= 11 is 0. The minimum Gasteiger partial charge on any atom is -0.367 e. The van der Waals surface area contributed by atoms with Crippen LogP contribution in [0.5, 0.6) is 0 Å². The molecule has 0 bridgehead atoms. The molecule has 0 atom stereocenters. The van der Waals surface area contributed by atoms with Crippen LogP contribution in [-0.2, 0) is 0 Å². The standard InChI is InChI=1S/C16H27N5O/c1-4-13-5-8-21(9-6-13)10-7-18-15-12-17-11-14(19-15)16(22)20(2)3/h11-13H,4-10H2,1-3H3,(H,18,19). The van der Waals surface area contributed by atoms with Gasteiger partial charge in [0.2, 0.25) is 0 Å². The van der Waals surface area contributed by atoms with Gasteiger partial charge in [-0.3, -0.25) is 9.78 Å². The third kappa shape index (κ3) is 4.66. The fourth-order valence-corrected chi connectivity index (χ4v) is 2.74. The molecular formula is C16H27N5O. The van der Waals surface area contributed by atoms with Gasteiger partial charge in [0, 0.05) is 27.2 Å². The minimum atomic E-state index is -0.127. The number of nitrogens with zero attached hydrogens (tertiary/aromatic N) is 4. The van der Waals surface area contributed by atoms with E-state index < -0.39 is 0 Å². The molecule has 1 amide bonds. The highest BCUT2D eigenvalue weighted by atomic mass is 16.2. The van der Waals surface area contributed by atoms with Crippen LogP contribution in [0.4, 0.5) is 5.82 Å². The third-order valence-electron chi connectivity index (χ3n) is 4.28. The number of hydrogen-bond donors (Lipinski definition) is 1. The van der Waals surface area contributed by atoms with Gasteiger partial charge in [-0.1, -0.05) is 13.3 Å². The first kappa shape index (κ1) is 16.7. The van der Waals surface area contributed by atoms with E-state index in [2.05, 4.69) is 27.1 Å². The van der Waals surface area contributed by atoms with Crippen molar-refractivity contribution in [2.45, 2.75) is 26.2 Å². The monoisotopic (exact) mass is 305 g/mol. The zero-order chi connectivity index (χ0) is 15.9. The zero-order valence-corrected chi connectivity index (χ0v) is 13.9. The second-order valence-corrected chi connectivity index (χ2v) is 6.11. The molecule has 1 aliphatic rings. The second kappa shape index (κ2) is 8.08. The number of hydrogen-bond acceptors (Lipinski definition) is 5. The Balaban J connectivity index is 1.78. The SMILES string of the molecule is CCC1CCN(CCNc2cncc(C(=O)N(C)C)n2)CC1. The van der Waals surface area contributed by atoms with Crippen LogP contribution in [0.2, 0.25) is 0 Å². The summed E-state index contributed by atoms with van der Waals surface area (Å²) in [4.78, 5) is 24.3. The number of rotatable bonds is 6. The Morgan fingerprint density at radius 1 is 1.36 bits per heavy atom. The van der Waals surface area contributed by atoms with E-state index in [0.717, 1.165) is 19.0 Å². The van der Waals surface area contributed by atoms with Crippen molar-refractivity contribution in [2.24, 2.45) is 5.92 Å². The topological polar surface area (TPSA) is 61.4 Å². The Hall–Kier alpha value is -1.69. The van der Waals surface area contributed by atoms with Gasteiger partial charge in [0.15, 0.2) is 0 Å². The van der Waals surface area contributed by atoms with Gasteiger partial charge in [-0.05, 0) is 31.8 Å². The highest BCUT2D eigenvalue weighted by Gasteiger charge is 2.17. The average molecular weight is 305 g/mol. The van der Waals surface area contributed by atoms with Gasteiger partial charge in [0.25, 0.3) is 5.91 Å². The van der Waals surface area contributed by atoms with E-state index >= 15 is 0 Å². The number of nitrogens with one attached hydrogen (secondary N) is 1. The number of likely N-dealkylation sites (tertiary alicyclic amines) is 1. The maximum Gasteiger partial charge on any atom is 0.273 e. The van der Waals surface area contributed by atoms with Crippen LogP contribution < -0.4 is 5.32 Å². The second-order valence-electron chi connectivity index (χ2n) is 6.11. The van der Waals surface area contributed by atoms with Gasteiger partial charge in [-0.25, -0.2) is 4.98 Å². The number of anilines is 1. The van der Waals surface area contributed by atoms with E-state index in [-0.39, 0.29) is 5.91 Å². The van der Waals surface area contributed by atoms with Gasteiger partial charge in [-0.15, -0.1) is 0 Å². The number of piperidine rings is 1. The van der Waals surface area contributed by atoms with Crippen molar-refractivity contribution in [1.82, 2.24) is 19.8 Å². The predicted molar refractivity (Wildman–Crippen MR) is 88.0 cm³/mol. The van der Waals surface area contributed by atoms with Crippen LogP contribution in [0.3, 0.4) is 0 Å². The first-order valence-corrected chi connectivity index (χ1v) is 8.10. The first-order chi connectivity index (χ1) is 10.6.